The predicted molar refractivity (Wildman–Crippen MR) is 94.9 cm³/mol. The maximum atomic E-state index is 12.3. The quantitative estimate of drug-likeness (QED) is 0.780. The number of carbonyl (C=O) groups is 1. The lowest BCUT2D eigenvalue weighted by atomic mass is 10.1. The number of hydrogen-bond donors (Lipinski definition) is 1. The minimum absolute atomic E-state index is 0.0500. The van der Waals surface area contributed by atoms with Crippen LogP contribution in [0.4, 0.5) is 5.69 Å². The van der Waals surface area contributed by atoms with Crippen molar-refractivity contribution in [3.05, 3.63) is 59.5 Å². The molecule has 5 heteroatoms. The molecule has 0 bridgehead atoms. The number of aromatic nitrogens is 1. The van der Waals surface area contributed by atoms with E-state index in [4.69, 9.17) is 4.42 Å². The highest BCUT2D eigenvalue weighted by Gasteiger charge is 2.13. The fourth-order valence-electron chi connectivity index (χ4n) is 2.71. The van der Waals surface area contributed by atoms with Gasteiger partial charge in [0.2, 0.25) is 11.8 Å². The van der Waals surface area contributed by atoms with Crippen LogP contribution in [0.5, 0.6) is 0 Å². The molecule has 0 fully saturated rings. The van der Waals surface area contributed by atoms with Gasteiger partial charge in [0.05, 0.1) is 13.1 Å². The molecule has 3 aromatic rings. The van der Waals surface area contributed by atoms with Crippen molar-refractivity contribution in [1.82, 2.24) is 9.88 Å². The minimum atomic E-state index is -0.0500. The standard InChI is InChI=1S/C19H21N3O2/c1-13-7-6-8-14(2)19(13)21-17(23)11-22(3)12-18-20-15-9-4-5-10-16(15)24-18/h4-10H,11-12H2,1-3H3,(H,21,23). The molecule has 0 unspecified atom stereocenters. The molecule has 1 amide bonds. The third kappa shape index (κ3) is 3.63. The Morgan fingerprint density at radius 1 is 1.12 bits per heavy atom. The molecule has 0 saturated heterocycles. The second kappa shape index (κ2) is 6.84. The highest BCUT2D eigenvalue weighted by molar-refractivity contribution is 5.93. The van der Waals surface area contributed by atoms with Crippen molar-refractivity contribution in [2.75, 3.05) is 18.9 Å². The summed E-state index contributed by atoms with van der Waals surface area (Å²) in [6.07, 6.45) is 0. The van der Waals surface area contributed by atoms with Gasteiger partial charge >= 0.3 is 0 Å². The Labute approximate surface area is 141 Å². The van der Waals surface area contributed by atoms with Gasteiger partial charge in [-0.15, -0.1) is 0 Å². The molecule has 24 heavy (non-hydrogen) atoms. The molecule has 0 aliphatic rings. The fourth-order valence-corrected chi connectivity index (χ4v) is 2.71. The van der Waals surface area contributed by atoms with Gasteiger partial charge in [0, 0.05) is 5.69 Å². The van der Waals surface area contributed by atoms with Gasteiger partial charge in [0.15, 0.2) is 5.58 Å². The highest BCUT2D eigenvalue weighted by atomic mass is 16.3. The van der Waals surface area contributed by atoms with E-state index in [0.717, 1.165) is 27.9 Å². The first-order chi connectivity index (χ1) is 11.5. The number of amides is 1. The minimum Gasteiger partial charge on any atom is -0.439 e. The molecular weight excluding hydrogens is 302 g/mol. The van der Waals surface area contributed by atoms with Crippen LogP contribution in [0, 0.1) is 13.8 Å². The first-order valence-corrected chi connectivity index (χ1v) is 7.92. The topological polar surface area (TPSA) is 58.4 Å². The van der Waals surface area contributed by atoms with Crippen molar-refractivity contribution < 1.29 is 9.21 Å². The molecule has 0 saturated carbocycles. The first kappa shape index (κ1) is 16.2. The maximum Gasteiger partial charge on any atom is 0.238 e. The van der Waals surface area contributed by atoms with E-state index < -0.39 is 0 Å². The fraction of sp³-hybridized carbons (Fsp3) is 0.263. The van der Waals surface area contributed by atoms with Gasteiger partial charge in [0.25, 0.3) is 0 Å². The molecule has 0 aliphatic heterocycles. The van der Waals surface area contributed by atoms with Crippen molar-refractivity contribution in [1.29, 1.82) is 0 Å². The van der Waals surface area contributed by atoms with Gasteiger partial charge in [-0.25, -0.2) is 4.98 Å². The van der Waals surface area contributed by atoms with E-state index in [1.54, 1.807) is 0 Å². The van der Waals surface area contributed by atoms with E-state index in [1.165, 1.54) is 0 Å². The number of para-hydroxylation sites is 3. The van der Waals surface area contributed by atoms with Crippen molar-refractivity contribution in [3.63, 3.8) is 0 Å². The summed E-state index contributed by atoms with van der Waals surface area (Å²) in [6, 6.07) is 13.6. The summed E-state index contributed by atoms with van der Waals surface area (Å²) in [6.45, 7) is 4.73. The first-order valence-electron chi connectivity index (χ1n) is 7.92. The third-order valence-corrected chi connectivity index (χ3v) is 3.90. The number of oxazole rings is 1. The van der Waals surface area contributed by atoms with Crippen molar-refractivity contribution in [2.24, 2.45) is 0 Å². The predicted octanol–water partition coefficient (Wildman–Crippen LogP) is 3.52. The summed E-state index contributed by atoms with van der Waals surface area (Å²) in [4.78, 5) is 18.6. The second-order valence-electron chi connectivity index (χ2n) is 6.06. The molecule has 0 radical (unpaired) electrons. The Bertz CT molecular complexity index is 817. The van der Waals surface area contributed by atoms with Gasteiger partial charge in [-0.2, -0.15) is 0 Å². The van der Waals surface area contributed by atoms with Crippen LogP contribution in [-0.4, -0.2) is 29.4 Å². The Morgan fingerprint density at radius 3 is 2.54 bits per heavy atom. The normalized spacial score (nSPS) is 11.2. The van der Waals surface area contributed by atoms with Crippen LogP contribution in [-0.2, 0) is 11.3 Å². The SMILES string of the molecule is Cc1cccc(C)c1NC(=O)CN(C)Cc1nc2ccccc2o1. The molecule has 1 N–H and O–H groups in total. The Hall–Kier alpha value is -2.66. The number of nitrogens with one attached hydrogen (secondary N) is 1. The van der Waals surface area contributed by atoms with E-state index in [0.29, 0.717) is 12.4 Å². The van der Waals surface area contributed by atoms with Crippen LogP contribution in [0.15, 0.2) is 46.9 Å². The average Bonchev–Trinajstić information content (AvgIpc) is 2.93. The Kier molecular flexibility index (Phi) is 4.62. The zero-order valence-corrected chi connectivity index (χ0v) is 14.2. The largest absolute Gasteiger partial charge is 0.439 e. The number of fused-ring (bicyclic) bond motifs is 1. The van der Waals surface area contributed by atoms with E-state index in [9.17, 15) is 4.79 Å². The summed E-state index contributed by atoms with van der Waals surface area (Å²) in [7, 11) is 1.87. The van der Waals surface area contributed by atoms with Gasteiger partial charge in [-0.3, -0.25) is 9.69 Å². The summed E-state index contributed by atoms with van der Waals surface area (Å²) >= 11 is 0. The number of hydrogen-bond acceptors (Lipinski definition) is 4. The van der Waals surface area contributed by atoms with Crippen molar-refractivity contribution in [2.45, 2.75) is 20.4 Å². The molecule has 1 aromatic heterocycles. The number of carbonyl (C=O) groups excluding carboxylic acids is 1. The Morgan fingerprint density at radius 2 is 1.83 bits per heavy atom. The summed E-state index contributed by atoms with van der Waals surface area (Å²) in [5, 5.41) is 2.99. The molecule has 5 nitrogen and oxygen atoms in total. The molecule has 2 aromatic carbocycles. The molecular formula is C19H21N3O2. The van der Waals surface area contributed by atoms with E-state index in [2.05, 4.69) is 10.3 Å². The smallest absolute Gasteiger partial charge is 0.238 e. The van der Waals surface area contributed by atoms with E-state index in [-0.39, 0.29) is 12.5 Å². The highest BCUT2D eigenvalue weighted by Crippen LogP contribution is 2.19. The monoisotopic (exact) mass is 323 g/mol. The van der Waals surface area contributed by atoms with Crippen LogP contribution < -0.4 is 5.32 Å². The number of aryl methyl sites for hydroxylation is 2. The summed E-state index contributed by atoms with van der Waals surface area (Å²) < 4.78 is 5.69. The lowest BCUT2D eigenvalue weighted by Gasteiger charge is -2.16. The third-order valence-electron chi connectivity index (χ3n) is 3.90. The summed E-state index contributed by atoms with van der Waals surface area (Å²) in [5.74, 6) is 0.560. The Balaban J connectivity index is 1.62. The number of nitrogens with zero attached hydrogens (tertiary/aromatic N) is 2. The van der Waals surface area contributed by atoms with Crippen molar-refractivity contribution >= 4 is 22.7 Å². The van der Waals surface area contributed by atoms with E-state index >= 15 is 0 Å². The van der Waals surface area contributed by atoms with Gasteiger partial charge < -0.3 is 9.73 Å². The van der Waals surface area contributed by atoms with Crippen LogP contribution in [0.3, 0.4) is 0 Å². The van der Waals surface area contributed by atoms with Crippen LogP contribution in [0.2, 0.25) is 0 Å². The van der Waals surface area contributed by atoms with Crippen LogP contribution >= 0.6 is 0 Å². The number of rotatable bonds is 5. The molecule has 0 aliphatic carbocycles. The number of likely N-dealkylation sites (N-methyl/N-ethyl adjacent to an activating group) is 1. The lowest BCUT2D eigenvalue weighted by molar-refractivity contribution is -0.117. The molecule has 0 atom stereocenters. The van der Waals surface area contributed by atoms with Gasteiger partial charge in [-0.1, -0.05) is 30.3 Å². The molecule has 124 valence electrons. The zero-order chi connectivity index (χ0) is 17.1. The zero-order valence-electron chi connectivity index (χ0n) is 14.2. The van der Waals surface area contributed by atoms with Crippen molar-refractivity contribution in [3.8, 4) is 0 Å². The molecule has 3 rings (SSSR count). The molecule has 1 heterocycles. The average molecular weight is 323 g/mol. The van der Waals surface area contributed by atoms with Gasteiger partial charge in [0.1, 0.15) is 5.52 Å². The number of anilines is 1. The van der Waals surface area contributed by atoms with Crippen LogP contribution in [0.1, 0.15) is 17.0 Å². The van der Waals surface area contributed by atoms with Gasteiger partial charge in [-0.05, 0) is 44.2 Å². The number of benzene rings is 2. The summed E-state index contributed by atoms with van der Waals surface area (Å²) in [5.41, 5.74) is 4.61. The maximum absolute atomic E-state index is 12.3. The lowest BCUT2D eigenvalue weighted by Crippen LogP contribution is -2.30. The van der Waals surface area contributed by atoms with E-state index in [1.807, 2.05) is 68.3 Å². The van der Waals surface area contributed by atoms with Crippen LogP contribution in [0.25, 0.3) is 11.1 Å². The molecule has 0 spiro atoms. The second-order valence-corrected chi connectivity index (χ2v) is 6.06.